The summed E-state index contributed by atoms with van der Waals surface area (Å²) in [5, 5.41) is 12.1. The Balaban J connectivity index is 2.51. The number of nitrogens with zero attached hydrogens (tertiary/aromatic N) is 2. The fraction of sp³-hybridized carbons (Fsp3) is 0.556. The number of aromatic nitrogens is 2. The summed E-state index contributed by atoms with van der Waals surface area (Å²) in [5.41, 5.74) is 1.06. The van der Waals surface area contributed by atoms with Crippen LogP contribution in [-0.2, 0) is 19.5 Å². The summed E-state index contributed by atoms with van der Waals surface area (Å²) < 4.78 is 2.01. The van der Waals surface area contributed by atoms with Crippen LogP contribution in [0.2, 0.25) is 0 Å². The highest BCUT2D eigenvalue weighted by molar-refractivity contribution is 5.86. The lowest BCUT2D eigenvalue weighted by molar-refractivity contribution is 0.0689. The number of imidazole rings is 1. The van der Waals surface area contributed by atoms with Crippen LogP contribution in [0.25, 0.3) is 0 Å². The summed E-state index contributed by atoms with van der Waals surface area (Å²) in [4.78, 5) is 15.0. The summed E-state index contributed by atoms with van der Waals surface area (Å²) in [6.45, 7) is 4.33. The molecule has 76 valence electrons. The van der Waals surface area contributed by atoms with Crippen molar-refractivity contribution in [2.45, 2.75) is 26.4 Å². The van der Waals surface area contributed by atoms with Crippen molar-refractivity contribution >= 4 is 5.97 Å². The normalized spacial score (nSPS) is 15.2. The molecule has 2 heterocycles. The van der Waals surface area contributed by atoms with E-state index in [1.165, 1.54) is 0 Å². The third-order valence-electron chi connectivity index (χ3n) is 2.48. The zero-order chi connectivity index (χ0) is 10.1. The van der Waals surface area contributed by atoms with Crippen LogP contribution in [0.5, 0.6) is 0 Å². The number of aromatic carboxylic acids is 1. The van der Waals surface area contributed by atoms with E-state index in [4.69, 9.17) is 5.11 Å². The second kappa shape index (κ2) is 3.42. The maximum atomic E-state index is 10.9. The van der Waals surface area contributed by atoms with Crippen LogP contribution in [0.4, 0.5) is 0 Å². The molecule has 0 aromatic carbocycles. The summed E-state index contributed by atoms with van der Waals surface area (Å²) in [7, 11) is 0. The minimum absolute atomic E-state index is 0.214. The van der Waals surface area contributed by atoms with Crippen LogP contribution in [0.3, 0.4) is 0 Å². The van der Waals surface area contributed by atoms with E-state index < -0.39 is 5.97 Å². The first kappa shape index (κ1) is 9.21. The van der Waals surface area contributed by atoms with E-state index in [2.05, 4.69) is 10.3 Å². The van der Waals surface area contributed by atoms with E-state index in [1.807, 2.05) is 11.5 Å². The van der Waals surface area contributed by atoms with Crippen molar-refractivity contribution in [1.29, 1.82) is 0 Å². The van der Waals surface area contributed by atoms with Gasteiger partial charge in [0.1, 0.15) is 5.82 Å². The highest BCUT2D eigenvalue weighted by atomic mass is 16.4. The first-order chi connectivity index (χ1) is 6.74. The first-order valence-electron chi connectivity index (χ1n) is 4.76. The molecule has 0 fully saturated rings. The Labute approximate surface area is 81.8 Å². The number of carboxylic acids is 1. The van der Waals surface area contributed by atoms with Gasteiger partial charge in [-0.1, -0.05) is 6.92 Å². The molecule has 1 aromatic heterocycles. The summed E-state index contributed by atoms with van der Waals surface area (Å²) >= 11 is 0. The van der Waals surface area contributed by atoms with Gasteiger partial charge in [0.25, 0.3) is 0 Å². The van der Waals surface area contributed by atoms with Gasteiger partial charge in [0.2, 0.25) is 0 Å². The molecule has 1 aromatic rings. The van der Waals surface area contributed by atoms with E-state index in [9.17, 15) is 4.79 Å². The fourth-order valence-corrected chi connectivity index (χ4v) is 1.86. The van der Waals surface area contributed by atoms with E-state index in [0.29, 0.717) is 13.0 Å². The van der Waals surface area contributed by atoms with Gasteiger partial charge in [0.05, 0.1) is 12.2 Å². The standard InChI is InChI=1S/C9H13N3O2/c1-2-6-8(9(13)14)11-7-5-10-3-4-12(6)7/h10H,2-5H2,1H3,(H,13,14). The maximum Gasteiger partial charge on any atom is 0.356 e. The molecule has 14 heavy (non-hydrogen) atoms. The zero-order valence-electron chi connectivity index (χ0n) is 8.08. The minimum atomic E-state index is -0.927. The summed E-state index contributed by atoms with van der Waals surface area (Å²) in [5.74, 6) is -0.0887. The molecule has 0 unspecified atom stereocenters. The third-order valence-corrected chi connectivity index (χ3v) is 2.48. The average Bonchev–Trinajstić information content (AvgIpc) is 2.56. The number of nitrogens with one attached hydrogen (secondary N) is 1. The van der Waals surface area contributed by atoms with Crippen molar-refractivity contribution in [2.75, 3.05) is 6.54 Å². The lowest BCUT2D eigenvalue weighted by Crippen LogP contribution is -2.29. The number of carboxylic acid groups (broad SMARTS) is 1. The molecular weight excluding hydrogens is 182 g/mol. The van der Waals surface area contributed by atoms with Gasteiger partial charge < -0.3 is 15.0 Å². The highest BCUT2D eigenvalue weighted by Gasteiger charge is 2.21. The molecule has 0 radical (unpaired) electrons. The molecule has 1 aliphatic heterocycles. The molecule has 0 bridgehead atoms. The van der Waals surface area contributed by atoms with Crippen molar-refractivity contribution < 1.29 is 9.90 Å². The first-order valence-corrected chi connectivity index (χ1v) is 4.76. The van der Waals surface area contributed by atoms with E-state index >= 15 is 0 Å². The van der Waals surface area contributed by atoms with Gasteiger partial charge in [-0.05, 0) is 6.42 Å². The number of rotatable bonds is 2. The van der Waals surface area contributed by atoms with Crippen LogP contribution in [-0.4, -0.2) is 27.2 Å². The predicted molar refractivity (Wildman–Crippen MR) is 50.3 cm³/mol. The minimum Gasteiger partial charge on any atom is -0.476 e. The Bertz CT molecular complexity index is 370. The van der Waals surface area contributed by atoms with Crippen LogP contribution in [0.15, 0.2) is 0 Å². The van der Waals surface area contributed by atoms with Crippen LogP contribution < -0.4 is 5.32 Å². The zero-order valence-corrected chi connectivity index (χ0v) is 8.08. The van der Waals surface area contributed by atoms with Gasteiger partial charge in [-0.25, -0.2) is 9.78 Å². The van der Waals surface area contributed by atoms with Gasteiger partial charge in [0, 0.05) is 13.1 Å². The molecule has 5 heteroatoms. The molecule has 2 N–H and O–H groups in total. The lowest BCUT2D eigenvalue weighted by atomic mass is 10.2. The summed E-state index contributed by atoms with van der Waals surface area (Å²) in [6, 6.07) is 0. The van der Waals surface area contributed by atoms with E-state index in [-0.39, 0.29) is 5.69 Å². The van der Waals surface area contributed by atoms with Crippen molar-refractivity contribution in [3.8, 4) is 0 Å². The lowest BCUT2D eigenvalue weighted by Gasteiger charge is -2.16. The Kier molecular flexibility index (Phi) is 2.25. The fourth-order valence-electron chi connectivity index (χ4n) is 1.86. The molecule has 1 aliphatic rings. The van der Waals surface area contributed by atoms with Crippen LogP contribution in [0.1, 0.15) is 28.9 Å². The Morgan fingerprint density at radius 3 is 3.14 bits per heavy atom. The van der Waals surface area contributed by atoms with Crippen LogP contribution in [0, 0.1) is 0 Å². The van der Waals surface area contributed by atoms with Crippen molar-refractivity contribution in [3.63, 3.8) is 0 Å². The monoisotopic (exact) mass is 195 g/mol. The van der Waals surface area contributed by atoms with Gasteiger partial charge in [-0.2, -0.15) is 0 Å². The highest BCUT2D eigenvalue weighted by Crippen LogP contribution is 2.15. The molecule has 0 spiro atoms. The third kappa shape index (κ3) is 1.29. The molecule has 0 aliphatic carbocycles. The molecule has 0 amide bonds. The number of hydrogen-bond acceptors (Lipinski definition) is 3. The average molecular weight is 195 g/mol. The molecular formula is C9H13N3O2. The number of hydrogen-bond donors (Lipinski definition) is 2. The second-order valence-electron chi connectivity index (χ2n) is 3.31. The van der Waals surface area contributed by atoms with Gasteiger partial charge >= 0.3 is 5.97 Å². The van der Waals surface area contributed by atoms with E-state index in [0.717, 1.165) is 24.6 Å². The Morgan fingerprint density at radius 1 is 1.71 bits per heavy atom. The summed E-state index contributed by atoms with van der Waals surface area (Å²) in [6.07, 6.45) is 0.717. The van der Waals surface area contributed by atoms with Gasteiger partial charge in [-0.3, -0.25) is 0 Å². The second-order valence-corrected chi connectivity index (χ2v) is 3.31. The molecule has 2 rings (SSSR count). The van der Waals surface area contributed by atoms with Crippen molar-refractivity contribution in [3.05, 3.63) is 17.2 Å². The smallest absolute Gasteiger partial charge is 0.356 e. The van der Waals surface area contributed by atoms with Crippen molar-refractivity contribution in [2.24, 2.45) is 0 Å². The van der Waals surface area contributed by atoms with Crippen molar-refractivity contribution in [1.82, 2.24) is 14.9 Å². The van der Waals surface area contributed by atoms with Gasteiger partial charge in [-0.15, -0.1) is 0 Å². The maximum absolute atomic E-state index is 10.9. The topological polar surface area (TPSA) is 67.1 Å². The predicted octanol–water partition coefficient (Wildman–Crippen LogP) is 0.247. The van der Waals surface area contributed by atoms with E-state index in [1.54, 1.807) is 0 Å². The number of fused-ring (bicyclic) bond motifs is 1. The molecule has 0 saturated carbocycles. The largest absolute Gasteiger partial charge is 0.476 e. The molecule has 0 saturated heterocycles. The Morgan fingerprint density at radius 2 is 2.50 bits per heavy atom. The SMILES string of the molecule is CCc1c(C(=O)O)nc2n1CCNC2. The van der Waals surface area contributed by atoms with Gasteiger partial charge in [0.15, 0.2) is 5.69 Å². The molecule has 5 nitrogen and oxygen atoms in total. The molecule has 0 atom stereocenters. The quantitative estimate of drug-likeness (QED) is 0.709. The Hall–Kier alpha value is -1.36. The number of carbonyl (C=O) groups is 1. The van der Waals surface area contributed by atoms with Crippen LogP contribution >= 0.6 is 0 Å².